The summed E-state index contributed by atoms with van der Waals surface area (Å²) < 4.78 is 57.3. The molecule has 0 bridgehead atoms. The summed E-state index contributed by atoms with van der Waals surface area (Å²) in [6, 6.07) is 0. The fourth-order valence-electron chi connectivity index (χ4n) is 1.30. The van der Waals surface area contributed by atoms with Gasteiger partial charge in [-0.1, -0.05) is 6.92 Å². The average molecular weight is 222 g/mol. The van der Waals surface area contributed by atoms with Crippen molar-refractivity contribution >= 4 is 0 Å². The van der Waals surface area contributed by atoms with Gasteiger partial charge in [-0.3, -0.25) is 0 Å². The second-order valence-corrected chi connectivity index (χ2v) is 3.00. The van der Waals surface area contributed by atoms with Gasteiger partial charge in [-0.25, -0.2) is 17.6 Å². The second kappa shape index (κ2) is 4.61. The van der Waals surface area contributed by atoms with Gasteiger partial charge in [-0.15, -0.1) is 0 Å². The van der Waals surface area contributed by atoms with Crippen LogP contribution >= 0.6 is 0 Å². The molecule has 0 heterocycles. The molecule has 0 aliphatic heterocycles. The van der Waals surface area contributed by atoms with Gasteiger partial charge in [0.25, 0.3) is 0 Å². The molecule has 0 spiro atoms. The van der Waals surface area contributed by atoms with E-state index >= 15 is 0 Å². The first-order chi connectivity index (χ1) is 7.04. The Morgan fingerprint density at radius 1 is 0.867 bits per heavy atom. The zero-order chi connectivity index (χ0) is 11.6. The highest BCUT2D eigenvalue weighted by atomic mass is 19.2. The normalized spacial score (nSPS) is 10.8. The van der Waals surface area contributed by atoms with Gasteiger partial charge in [-0.2, -0.15) is 0 Å². The van der Waals surface area contributed by atoms with Gasteiger partial charge >= 0.3 is 0 Å². The van der Waals surface area contributed by atoms with Crippen LogP contribution in [0.2, 0.25) is 0 Å². The van der Waals surface area contributed by atoms with Crippen LogP contribution in [-0.4, -0.2) is 7.11 Å². The van der Waals surface area contributed by atoms with E-state index in [0.29, 0.717) is 0 Å². The molecule has 0 saturated carbocycles. The van der Waals surface area contributed by atoms with E-state index in [2.05, 4.69) is 4.74 Å². The Morgan fingerprint density at radius 2 is 1.27 bits per heavy atom. The summed E-state index contributed by atoms with van der Waals surface area (Å²) in [5.74, 6) is -5.45. The minimum Gasteiger partial charge on any atom is -0.380 e. The van der Waals surface area contributed by atoms with Crippen LogP contribution in [0.3, 0.4) is 0 Å². The Balaban J connectivity index is 3.44. The topological polar surface area (TPSA) is 9.23 Å². The molecule has 1 nitrogen and oxygen atoms in total. The SMILES string of the molecule is CCc1c(F)c(F)c(COC)c(F)c1F. The summed E-state index contributed by atoms with van der Waals surface area (Å²) in [5.41, 5.74) is -1.30. The maximum absolute atomic E-state index is 13.2. The smallest absolute Gasteiger partial charge is 0.167 e. The van der Waals surface area contributed by atoms with Crippen molar-refractivity contribution in [1.82, 2.24) is 0 Å². The first-order valence-corrected chi connectivity index (χ1v) is 4.37. The van der Waals surface area contributed by atoms with Crippen molar-refractivity contribution in [3.63, 3.8) is 0 Å². The standard InChI is InChI=1S/C10H10F4O/c1-3-5-7(11)9(13)6(4-15-2)10(14)8(5)12/h3-4H2,1-2H3. The van der Waals surface area contributed by atoms with E-state index in [9.17, 15) is 17.6 Å². The van der Waals surface area contributed by atoms with Gasteiger partial charge in [0, 0.05) is 12.7 Å². The zero-order valence-corrected chi connectivity index (χ0v) is 8.33. The van der Waals surface area contributed by atoms with Crippen LogP contribution in [0.5, 0.6) is 0 Å². The summed E-state index contributed by atoms with van der Waals surface area (Å²) >= 11 is 0. The minimum atomic E-state index is -1.38. The molecule has 0 N–H and O–H groups in total. The van der Waals surface area contributed by atoms with Crippen LogP contribution in [0.1, 0.15) is 18.1 Å². The van der Waals surface area contributed by atoms with Crippen molar-refractivity contribution in [3.05, 3.63) is 34.4 Å². The summed E-state index contributed by atoms with van der Waals surface area (Å²) in [6.07, 6.45) is -0.112. The molecule has 84 valence electrons. The van der Waals surface area contributed by atoms with E-state index in [4.69, 9.17) is 0 Å². The number of benzene rings is 1. The molecule has 0 aliphatic rings. The van der Waals surface area contributed by atoms with Gasteiger partial charge in [0.05, 0.1) is 12.2 Å². The molecule has 1 rings (SSSR count). The van der Waals surface area contributed by atoms with Crippen LogP contribution in [-0.2, 0) is 17.8 Å². The molecule has 0 radical (unpaired) electrons. The number of hydrogen-bond acceptors (Lipinski definition) is 1. The van der Waals surface area contributed by atoms with Crippen molar-refractivity contribution in [3.8, 4) is 0 Å². The molecule has 0 aliphatic carbocycles. The van der Waals surface area contributed by atoms with Crippen molar-refractivity contribution in [2.75, 3.05) is 7.11 Å². The lowest BCUT2D eigenvalue weighted by Crippen LogP contribution is -2.08. The molecule has 0 saturated heterocycles. The van der Waals surface area contributed by atoms with Gasteiger partial charge in [-0.05, 0) is 6.42 Å². The molecular weight excluding hydrogens is 212 g/mol. The second-order valence-electron chi connectivity index (χ2n) is 3.00. The van der Waals surface area contributed by atoms with E-state index in [1.807, 2.05) is 0 Å². The van der Waals surface area contributed by atoms with Gasteiger partial charge in [0.15, 0.2) is 23.3 Å². The highest BCUT2D eigenvalue weighted by molar-refractivity contribution is 5.29. The minimum absolute atomic E-state index is 0.112. The van der Waals surface area contributed by atoms with Crippen LogP contribution in [0, 0.1) is 23.3 Å². The number of ether oxygens (including phenoxy) is 1. The monoisotopic (exact) mass is 222 g/mol. The summed E-state index contributed by atoms with van der Waals surface area (Å²) in [6.45, 7) is 0.909. The largest absolute Gasteiger partial charge is 0.380 e. The molecule has 0 aromatic heterocycles. The summed E-state index contributed by atoms with van der Waals surface area (Å²) in [7, 11) is 1.18. The zero-order valence-electron chi connectivity index (χ0n) is 8.33. The van der Waals surface area contributed by atoms with Crippen LogP contribution in [0.15, 0.2) is 0 Å². The van der Waals surface area contributed by atoms with Crippen molar-refractivity contribution in [2.45, 2.75) is 20.0 Å². The summed E-state index contributed by atoms with van der Waals surface area (Å²) in [5, 5.41) is 0. The molecule has 1 aromatic rings. The first kappa shape index (κ1) is 12.0. The molecule has 0 unspecified atom stereocenters. The predicted molar refractivity (Wildman–Crippen MR) is 46.4 cm³/mol. The van der Waals surface area contributed by atoms with E-state index in [-0.39, 0.29) is 6.42 Å². The molecule has 0 amide bonds. The predicted octanol–water partition coefficient (Wildman–Crippen LogP) is 2.95. The number of hydrogen-bond donors (Lipinski definition) is 0. The highest BCUT2D eigenvalue weighted by Crippen LogP contribution is 2.24. The maximum Gasteiger partial charge on any atom is 0.167 e. The summed E-state index contributed by atoms with van der Waals surface area (Å²) in [4.78, 5) is 0. The number of halogens is 4. The van der Waals surface area contributed by atoms with Crippen LogP contribution in [0.25, 0.3) is 0 Å². The number of methoxy groups -OCH3 is 1. The third kappa shape index (κ3) is 1.97. The van der Waals surface area contributed by atoms with E-state index in [0.717, 1.165) is 0 Å². The number of rotatable bonds is 3. The maximum atomic E-state index is 13.2. The van der Waals surface area contributed by atoms with Crippen molar-refractivity contribution in [1.29, 1.82) is 0 Å². The Kier molecular flexibility index (Phi) is 3.68. The molecule has 5 heteroatoms. The van der Waals surface area contributed by atoms with E-state index < -0.39 is 41.0 Å². The van der Waals surface area contributed by atoms with Crippen LogP contribution in [0.4, 0.5) is 17.6 Å². The van der Waals surface area contributed by atoms with E-state index in [1.165, 1.54) is 14.0 Å². The van der Waals surface area contributed by atoms with Crippen molar-refractivity contribution in [2.24, 2.45) is 0 Å². The highest BCUT2D eigenvalue weighted by Gasteiger charge is 2.23. The fourth-order valence-corrected chi connectivity index (χ4v) is 1.30. The van der Waals surface area contributed by atoms with Crippen molar-refractivity contribution < 1.29 is 22.3 Å². The lowest BCUT2D eigenvalue weighted by atomic mass is 10.1. The molecular formula is C10H10F4O. The molecule has 15 heavy (non-hydrogen) atoms. The molecule has 0 atom stereocenters. The first-order valence-electron chi connectivity index (χ1n) is 4.37. The Morgan fingerprint density at radius 3 is 1.60 bits per heavy atom. The van der Waals surface area contributed by atoms with Crippen LogP contribution < -0.4 is 0 Å². The Bertz CT molecular complexity index is 347. The Hall–Kier alpha value is -1.10. The molecule has 0 fully saturated rings. The quantitative estimate of drug-likeness (QED) is 0.564. The molecule has 1 aromatic carbocycles. The lowest BCUT2D eigenvalue weighted by molar-refractivity contribution is 0.175. The van der Waals surface area contributed by atoms with Gasteiger partial charge in [0.2, 0.25) is 0 Å². The van der Waals surface area contributed by atoms with E-state index in [1.54, 1.807) is 0 Å². The average Bonchev–Trinajstić information content (AvgIpc) is 2.23. The Labute approximate surface area is 84.7 Å². The lowest BCUT2D eigenvalue weighted by Gasteiger charge is -2.09. The van der Waals surface area contributed by atoms with Gasteiger partial charge in [0.1, 0.15) is 0 Å². The third-order valence-corrected chi connectivity index (χ3v) is 2.09. The fraction of sp³-hybridized carbons (Fsp3) is 0.400. The van der Waals surface area contributed by atoms with Gasteiger partial charge < -0.3 is 4.74 Å². The third-order valence-electron chi connectivity index (χ3n) is 2.09.